The average Bonchev–Trinajstić information content (AvgIpc) is 1.99. The molecule has 0 saturated carbocycles. The van der Waals surface area contributed by atoms with E-state index in [0.29, 0.717) is 17.8 Å². The summed E-state index contributed by atoms with van der Waals surface area (Å²) in [7, 11) is -4.35. The van der Waals surface area contributed by atoms with Crippen LogP contribution in [0.4, 0.5) is 0 Å². The lowest BCUT2D eigenvalue weighted by atomic mass is 10.1. The fourth-order valence-electron chi connectivity index (χ4n) is 1.31. The van der Waals surface area contributed by atoms with Gasteiger partial charge in [0.1, 0.15) is 0 Å². The summed E-state index contributed by atoms with van der Waals surface area (Å²) >= 11 is 0.693. The van der Waals surface area contributed by atoms with Gasteiger partial charge in [0.05, 0.1) is 0 Å². The van der Waals surface area contributed by atoms with Gasteiger partial charge in [-0.1, -0.05) is 29.3 Å². The third-order valence-electron chi connectivity index (χ3n) is 1.64. The first-order valence-corrected chi connectivity index (χ1v) is 6.50. The van der Waals surface area contributed by atoms with E-state index in [-0.39, 0.29) is 0 Å². The van der Waals surface area contributed by atoms with Gasteiger partial charge in [-0.3, -0.25) is 4.55 Å². The summed E-state index contributed by atoms with van der Waals surface area (Å²) in [6.45, 7) is 3.93. The van der Waals surface area contributed by atoms with Crippen molar-refractivity contribution in [1.82, 2.24) is 0 Å². The van der Waals surface area contributed by atoms with Gasteiger partial charge in [0.25, 0.3) is 0 Å². The minimum atomic E-state index is -4.35. The third kappa shape index (κ3) is 5.17. The highest BCUT2D eigenvalue weighted by Gasteiger charge is 2.05. The quantitative estimate of drug-likeness (QED) is 0.654. The Morgan fingerprint density at radius 3 is 2.27 bits per heavy atom. The first kappa shape index (κ1) is 12.5. The Morgan fingerprint density at radius 1 is 1.27 bits per heavy atom. The Hall–Kier alpha value is -0.560. The van der Waals surface area contributed by atoms with Crippen LogP contribution in [-0.2, 0) is 19.8 Å². The normalized spacial score (nSPS) is 11.7. The molecule has 6 heteroatoms. The van der Waals surface area contributed by atoms with Crippen molar-refractivity contribution in [3.8, 4) is 0 Å². The predicted octanol–water partition coefficient (Wildman–Crippen LogP) is 2.27. The van der Waals surface area contributed by atoms with Gasteiger partial charge >= 0.3 is 10.4 Å². The van der Waals surface area contributed by atoms with E-state index in [4.69, 9.17) is 4.55 Å². The Kier molecular flexibility index (Phi) is 4.15. The van der Waals surface area contributed by atoms with Gasteiger partial charge < -0.3 is 0 Å². The van der Waals surface area contributed by atoms with Gasteiger partial charge in [-0.2, -0.15) is 12.0 Å². The largest absolute Gasteiger partial charge is 0.408 e. The van der Waals surface area contributed by atoms with Crippen molar-refractivity contribution in [2.24, 2.45) is 0 Å². The zero-order chi connectivity index (χ0) is 11.5. The first-order valence-electron chi connectivity index (χ1n) is 4.22. The Labute approximate surface area is 93.8 Å². The molecule has 84 valence electrons. The lowest BCUT2D eigenvalue weighted by molar-refractivity contribution is 0.407. The van der Waals surface area contributed by atoms with Crippen LogP contribution in [-0.4, -0.2) is 13.0 Å². The van der Waals surface area contributed by atoms with Gasteiger partial charge in [0.15, 0.2) is 0 Å². The molecule has 1 rings (SSSR count). The molecule has 0 bridgehead atoms. The van der Waals surface area contributed by atoms with E-state index in [1.165, 1.54) is 0 Å². The molecule has 0 aliphatic carbocycles. The predicted molar refractivity (Wildman–Crippen MR) is 59.8 cm³/mol. The highest BCUT2D eigenvalue weighted by Crippen LogP contribution is 2.17. The molecule has 0 aliphatic rings. The number of rotatable bonds is 4. The van der Waals surface area contributed by atoms with E-state index >= 15 is 0 Å². The molecule has 0 fully saturated rings. The van der Waals surface area contributed by atoms with Crippen LogP contribution in [0, 0.1) is 13.8 Å². The Morgan fingerprint density at radius 2 is 1.80 bits per heavy atom. The molecule has 0 aromatic heterocycles. The van der Waals surface area contributed by atoms with Crippen molar-refractivity contribution in [2.45, 2.75) is 19.6 Å². The molecule has 0 aliphatic heterocycles. The lowest BCUT2D eigenvalue weighted by Gasteiger charge is -2.03. The Bertz CT molecular complexity index is 419. The number of benzene rings is 1. The lowest BCUT2D eigenvalue weighted by Crippen LogP contribution is -1.97. The standard InChI is InChI=1S/C9H12O4S2/c1-7-3-8(2)5-9(4-7)6-14-13-15(10,11)12/h3-5H,6H2,1-2H3,(H,10,11,12). The highest BCUT2D eigenvalue weighted by molar-refractivity contribution is 8.02. The van der Waals surface area contributed by atoms with Crippen molar-refractivity contribution in [2.75, 3.05) is 0 Å². The van der Waals surface area contributed by atoms with Crippen molar-refractivity contribution in [3.63, 3.8) is 0 Å². The second-order valence-corrected chi connectivity index (χ2v) is 5.18. The van der Waals surface area contributed by atoms with Crippen LogP contribution in [0.15, 0.2) is 18.2 Å². The van der Waals surface area contributed by atoms with Crippen molar-refractivity contribution in [1.29, 1.82) is 0 Å². The minimum Gasteiger partial charge on any atom is -0.263 e. The highest BCUT2D eigenvalue weighted by atomic mass is 32.3. The van der Waals surface area contributed by atoms with Crippen LogP contribution in [0.3, 0.4) is 0 Å². The van der Waals surface area contributed by atoms with E-state index in [1.807, 2.05) is 32.0 Å². The zero-order valence-electron chi connectivity index (χ0n) is 8.43. The van der Waals surface area contributed by atoms with Gasteiger partial charge in [-0.05, 0) is 19.4 Å². The number of aryl methyl sites for hydroxylation is 2. The van der Waals surface area contributed by atoms with E-state index < -0.39 is 10.4 Å². The van der Waals surface area contributed by atoms with E-state index in [2.05, 4.69) is 3.63 Å². The molecule has 15 heavy (non-hydrogen) atoms. The molecule has 0 amide bonds. The summed E-state index contributed by atoms with van der Waals surface area (Å²) in [6.07, 6.45) is 0. The second kappa shape index (κ2) is 4.98. The molecule has 0 saturated heterocycles. The summed E-state index contributed by atoms with van der Waals surface area (Å²) in [5.41, 5.74) is 3.18. The fourth-order valence-corrected chi connectivity index (χ4v) is 2.29. The van der Waals surface area contributed by atoms with Crippen LogP contribution in [0.1, 0.15) is 16.7 Å². The minimum absolute atomic E-state index is 0.377. The molecule has 0 unspecified atom stereocenters. The summed E-state index contributed by atoms with van der Waals surface area (Å²) in [4.78, 5) is 0. The van der Waals surface area contributed by atoms with Crippen LogP contribution >= 0.6 is 12.0 Å². The molecule has 1 N–H and O–H groups in total. The van der Waals surface area contributed by atoms with Gasteiger partial charge in [0.2, 0.25) is 0 Å². The summed E-state index contributed by atoms with van der Waals surface area (Å²) < 4.78 is 33.0. The van der Waals surface area contributed by atoms with E-state index in [9.17, 15) is 8.42 Å². The maximum Gasteiger partial charge on any atom is 0.408 e. The molecule has 0 radical (unpaired) electrons. The SMILES string of the molecule is Cc1cc(C)cc(CSOS(=O)(=O)O)c1. The molecule has 4 nitrogen and oxygen atoms in total. The van der Waals surface area contributed by atoms with Crippen LogP contribution in [0.2, 0.25) is 0 Å². The third-order valence-corrected chi connectivity index (χ3v) is 3.17. The van der Waals surface area contributed by atoms with Crippen LogP contribution in [0.5, 0.6) is 0 Å². The van der Waals surface area contributed by atoms with E-state index in [1.54, 1.807) is 0 Å². The summed E-state index contributed by atoms with van der Waals surface area (Å²) in [5.74, 6) is 0.377. The van der Waals surface area contributed by atoms with Crippen LogP contribution in [0.25, 0.3) is 0 Å². The maximum absolute atomic E-state index is 10.3. The maximum atomic E-state index is 10.3. The second-order valence-electron chi connectivity index (χ2n) is 3.25. The monoisotopic (exact) mass is 248 g/mol. The molecular weight excluding hydrogens is 236 g/mol. The number of hydrogen-bond donors (Lipinski definition) is 1. The molecule has 1 aromatic rings. The van der Waals surface area contributed by atoms with Crippen molar-refractivity contribution < 1.29 is 16.6 Å². The van der Waals surface area contributed by atoms with Crippen LogP contribution < -0.4 is 0 Å². The topological polar surface area (TPSA) is 63.6 Å². The van der Waals surface area contributed by atoms with Gasteiger partial charge in [-0.15, -0.1) is 0 Å². The van der Waals surface area contributed by atoms with Crippen molar-refractivity contribution >= 4 is 22.4 Å². The molecular formula is C9H12O4S2. The molecule has 0 heterocycles. The fraction of sp³-hybridized carbons (Fsp3) is 0.333. The van der Waals surface area contributed by atoms with Gasteiger partial charge in [0, 0.05) is 17.8 Å². The molecule has 1 aromatic carbocycles. The average molecular weight is 248 g/mol. The molecule has 0 atom stereocenters. The van der Waals surface area contributed by atoms with Crippen molar-refractivity contribution in [3.05, 3.63) is 34.9 Å². The smallest absolute Gasteiger partial charge is 0.263 e. The zero-order valence-corrected chi connectivity index (χ0v) is 10.1. The summed E-state index contributed by atoms with van der Waals surface area (Å²) in [5, 5.41) is 0. The molecule has 0 spiro atoms. The number of hydrogen-bond acceptors (Lipinski definition) is 4. The summed E-state index contributed by atoms with van der Waals surface area (Å²) in [6, 6.07) is 5.90. The van der Waals surface area contributed by atoms with Gasteiger partial charge in [-0.25, -0.2) is 0 Å². The van der Waals surface area contributed by atoms with E-state index in [0.717, 1.165) is 16.7 Å². The Balaban J connectivity index is 2.58. The first-order chi connectivity index (χ1) is 6.87.